The molecule has 6 heteroatoms. The monoisotopic (exact) mass is 341 g/mol. The second-order valence-corrected chi connectivity index (χ2v) is 6.89. The molecule has 1 unspecified atom stereocenters. The quantitative estimate of drug-likeness (QED) is 0.336. The van der Waals surface area contributed by atoms with Crippen molar-refractivity contribution < 1.29 is 4.74 Å². The van der Waals surface area contributed by atoms with E-state index in [2.05, 4.69) is 41.3 Å². The highest BCUT2D eigenvalue weighted by molar-refractivity contribution is 5.79. The fourth-order valence-corrected chi connectivity index (χ4v) is 3.09. The van der Waals surface area contributed by atoms with Gasteiger partial charge in [-0.05, 0) is 45.7 Å². The van der Waals surface area contributed by atoms with E-state index in [0.29, 0.717) is 0 Å². The Bertz CT molecular complexity index is 337. The average Bonchev–Trinajstić information content (AvgIpc) is 2.55. The van der Waals surface area contributed by atoms with Crippen molar-refractivity contribution in [2.24, 2.45) is 10.9 Å². The van der Waals surface area contributed by atoms with Gasteiger partial charge < -0.3 is 25.2 Å². The van der Waals surface area contributed by atoms with Gasteiger partial charge >= 0.3 is 0 Å². The number of guanidine groups is 1. The minimum Gasteiger partial charge on any atom is -0.385 e. The summed E-state index contributed by atoms with van der Waals surface area (Å²) < 4.78 is 5.09. The molecule has 0 amide bonds. The Morgan fingerprint density at radius 1 is 1.33 bits per heavy atom. The molecule has 1 fully saturated rings. The number of nitrogens with one attached hydrogen (secondary N) is 2. The van der Waals surface area contributed by atoms with E-state index >= 15 is 0 Å². The molecule has 0 radical (unpaired) electrons. The lowest BCUT2D eigenvalue weighted by atomic mass is 10.0. The summed E-state index contributed by atoms with van der Waals surface area (Å²) >= 11 is 0. The van der Waals surface area contributed by atoms with Crippen molar-refractivity contribution in [1.82, 2.24) is 20.4 Å². The fourth-order valence-electron chi connectivity index (χ4n) is 3.09. The summed E-state index contributed by atoms with van der Waals surface area (Å²) in [4.78, 5) is 9.59. The second kappa shape index (κ2) is 13.4. The first-order valence-corrected chi connectivity index (χ1v) is 9.57. The number of hydrogen-bond donors (Lipinski definition) is 2. The normalized spacial score (nSPS) is 19.7. The van der Waals surface area contributed by atoms with Gasteiger partial charge in [0.05, 0.1) is 6.54 Å². The number of nitrogens with zero attached hydrogens (tertiary/aromatic N) is 3. The molecule has 1 aliphatic heterocycles. The predicted octanol–water partition coefficient (Wildman–Crippen LogP) is 1.24. The summed E-state index contributed by atoms with van der Waals surface area (Å²) in [5, 5.41) is 6.77. The molecule has 0 bridgehead atoms. The van der Waals surface area contributed by atoms with Gasteiger partial charge in [-0.3, -0.25) is 4.99 Å². The zero-order valence-electron chi connectivity index (χ0n) is 16.3. The molecule has 142 valence electrons. The Morgan fingerprint density at radius 2 is 2.17 bits per heavy atom. The molecule has 0 saturated carbocycles. The maximum atomic E-state index is 5.09. The number of aliphatic imine (C=N–C) groups is 1. The van der Waals surface area contributed by atoms with E-state index in [-0.39, 0.29) is 0 Å². The third-order valence-corrected chi connectivity index (χ3v) is 4.45. The van der Waals surface area contributed by atoms with Crippen LogP contribution in [0.1, 0.15) is 33.1 Å². The molecule has 0 spiro atoms. The van der Waals surface area contributed by atoms with Gasteiger partial charge in [0, 0.05) is 53.0 Å². The van der Waals surface area contributed by atoms with Crippen LogP contribution < -0.4 is 10.6 Å². The van der Waals surface area contributed by atoms with Crippen molar-refractivity contribution in [2.75, 3.05) is 73.1 Å². The molecule has 1 heterocycles. The number of rotatable bonds is 11. The van der Waals surface area contributed by atoms with Crippen LogP contribution in [0.15, 0.2) is 4.99 Å². The molecule has 0 aromatic rings. The van der Waals surface area contributed by atoms with Crippen molar-refractivity contribution in [1.29, 1.82) is 0 Å². The number of likely N-dealkylation sites (tertiary alicyclic amines) is 1. The van der Waals surface area contributed by atoms with Crippen molar-refractivity contribution in [3.63, 3.8) is 0 Å². The molecular formula is C18H39N5O. The molecule has 24 heavy (non-hydrogen) atoms. The van der Waals surface area contributed by atoms with Crippen LogP contribution in [0.2, 0.25) is 0 Å². The van der Waals surface area contributed by atoms with Crippen molar-refractivity contribution in [3.05, 3.63) is 0 Å². The van der Waals surface area contributed by atoms with Gasteiger partial charge in [-0.15, -0.1) is 0 Å². The fraction of sp³-hybridized carbons (Fsp3) is 0.944. The van der Waals surface area contributed by atoms with Crippen LogP contribution in [-0.4, -0.2) is 88.9 Å². The van der Waals surface area contributed by atoms with E-state index in [0.717, 1.165) is 64.2 Å². The van der Waals surface area contributed by atoms with Crippen LogP contribution in [0.3, 0.4) is 0 Å². The zero-order chi connectivity index (χ0) is 17.6. The van der Waals surface area contributed by atoms with Gasteiger partial charge in [0.2, 0.25) is 0 Å². The molecule has 1 aliphatic rings. The van der Waals surface area contributed by atoms with E-state index < -0.39 is 0 Å². The van der Waals surface area contributed by atoms with Gasteiger partial charge in [0.15, 0.2) is 5.96 Å². The van der Waals surface area contributed by atoms with E-state index in [1.165, 1.54) is 25.9 Å². The molecule has 1 rings (SSSR count). The number of likely N-dealkylation sites (N-methyl/N-ethyl adjacent to an activating group) is 1. The van der Waals surface area contributed by atoms with E-state index in [1.54, 1.807) is 7.11 Å². The summed E-state index contributed by atoms with van der Waals surface area (Å²) in [5.74, 6) is 1.77. The van der Waals surface area contributed by atoms with Gasteiger partial charge in [-0.25, -0.2) is 0 Å². The maximum absolute atomic E-state index is 5.09. The zero-order valence-corrected chi connectivity index (χ0v) is 16.3. The Kier molecular flexibility index (Phi) is 11.9. The largest absolute Gasteiger partial charge is 0.385 e. The summed E-state index contributed by atoms with van der Waals surface area (Å²) in [6.07, 6.45) is 3.79. The van der Waals surface area contributed by atoms with Gasteiger partial charge in [0.25, 0.3) is 0 Å². The average molecular weight is 342 g/mol. The number of piperidine rings is 1. The van der Waals surface area contributed by atoms with Crippen LogP contribution in [0.5, 0.6) is 0 Å². The summed E-state index contributed by atoms with van der Waals surface area (Å²) in [7, 11) is 3.91. The van der Waals surface area contributed by atoms with Gasteiger partial charge in [0.1, 0.15) is 0 Å². The van der Waals surface area contributed by atoms with E-state index in [1.807, 2.05) is 0 Å². The maximum Gasteiger partial charge on any atom is 0.191 e. The smallest absolute Gasteiger partial charge is 0.191 e. The van der Waals surface area contributed by atoms with Crippen LogP contribution in [0.4, 0.5) is 0 Å². The third kappa shape index (κ3) is 10.1. The minimum atomic E-state index is 0.830. The van der Waals surface area contributed by atoms with Crippen LogP contribution in [-0.2, 0) is 4.74 Å². The number of hydrogen-bond acceptors (Lipinski definition) is 4. The Labute approximate surface area is 149 Å². The Hall–Kier alpha value is -0.850. The molecule has 0 aromatic heterocycles. The topological polar surface area (TPSA) is 52.1 Å². The first-order valence-electron chi connectivity index (χ1n) is 9.57. The molecule has 2 N–H and O–H groups in total. The Morgan fingerprint density at radius 3 is 2.88 bits per heavy atom. The SMILES string of the molecule is CCNC(=NCCN1CCCC(C)C1)NCCN(C)CCCOC. The number of methoxy groups -OCH3 is 1. The summed E-state index contributed by atoms with van der Waals surface area (Å²) in [6.45, 7) is 13.6. The first kappa shape index (κ1) is 21.2. The van der Waals surface area contributed by atoms with Crippen molar-refractivity contribution >= 4 is 5.96 Å². The molecule has 1 saturated heterocycles. The molecule has 6 nitrogen and oxygen atoms in total. The second-order valence-electron chi connectivity index (χ2n) is 6.89. The molecular weight excluding hydrogens is 302 g/mol. The standard InChI is InChI=1S/C18H39N5O/c1-5-19-18(20-9-13-22(3)11-7-15-24-4)21-10-14-23-12-6-8-17(2)16-23/h17H,5-16H2,1-4H3,(H2,19,20,21). The lowest BCUT2D eigenvalue weighted by Gasteiger charge is -2.30. The third-order valence-electron chi connectivity index (χ3n) is 4.45. The molecule has 0 aliphatic carbocycles. The molecule has 0 aromatic carbocycles. The van der Waals surface area contributed by atoms with Crippen LogP contribution >= 0.6 is 0 Å². The van der Waals surface area contributed by atoms with Crippen LogP contribution in [0, 0.1) is 5.92 Å². The van der Waals surface area contributed by atoms with Crippen LogP contribution in [0.25, 0.3) is 0 Å². The highest BCUT2D eigenvalue weighted by Gasteiger charge is 2.15. The molecule has 1 atom stereocenters. The highest BCUT2D eigenvalue weighted by atomic mass is 16.5. The first-order chi connectivity index (χ1) is 11.7. The summed E-state index contributed by atoms with van der Waals surface area (Å²) in [5.41, 5.74) is 0. The van der Waals surface area contributed by atoms with Gasteiger partial charge in [-0.1, -0.05) is 6.92 Å². The van der Waals surface area contributed by atoms with E-state index in [9.17, 15) is 0 Å². The van der Waals surface area contributed by atoms with Crippen molar-refractivity contribution in [3.8, 4) is 0 Å². The van der Waals surface area contributed by atoms with Gasteiger partial charge in [-0.2, -0.15) is 0 Å². The number of ether oxygens (including phenoxy) is 1. The highest BCUT2D eigenvalue weighted by Crippen LogP contribution is 2.14. The summed E-state index contributed by atoms with van der Waals surface area (Å²) in [6, 6.07) is 0. The lowest BCUT2D eigenvalue weighted by molar-refractivity contribution is 0.180. The predicted molar refractivity (Wildman–Crippen MR) is 103 cm³/mol. The minimum absolute atomic E-state index is 0.830. The lowest BCUT2D eigenvalue weighted by Crippen LogP contribution is -2.42. The Balaban J connectivity index is 2.21. The van der Waals surface area contributed by atoms with Crippen molar-refractivity contribution in [2.45, 2.75) is 33.1 Å². The van der Waals surface area contributed by atoms with E-state index in [4.69, 9.17) is 9.73 Å².